The number of benzene rings is 2. The van der Waals surface area contributed by atoms with Gasteiger partial charge in [-0.2, -0.15) is 0 Å². The van der Waals surface area contributed by atoms with E-state index in [0.29, 0.717) is 0 Å². The average Bonchev–Trinajstić information content (AvgIpc) is 2.49. The molecule has 0 atom stereocenters. The number of phenolic OH excluding ortho intramolecular Hbond substituents is 3. The second kappa shape index (κ2) is 4.82. The Kier molecular flexibility index (Phi) is 3.15. The zero-order chi connectivity index (χ0) is 17.0. The van der Waals surface area contributed by atoms with Crippen molar-refractivity contribution in [1.29, 1.82) is 0 Å². The van der Waals surface area contributed by atoms with Crippen LogP contribution in [0.2, 0.25) is 0 Å². The molecular weight excluding hydrogens is 372 g/mol. The molecule has 116 valence electrons. The number of hydrogen-bond acceptors (Lipinski definition) is 6. The van der Waals surface area contributed by atoms with Gasteiger partial charge in [0.1, 0.15) is 21.7 Å². The molecule has 3 rings (SSSR count). The Labute approximate surface area is 136 Å². The lowest BCUT2D eigenvalue weighted by molar-refractivity contribution is 0.0695. The number of rotatable bonds is 1. The maximum Gasteiger partial charge on any atom is 0.335 e. The minimum absolute atomic E-state index is 0.164. The monoisotopic (exact) mass is 378 g/mol. The predicted molar refractivity (Wildman–Crippen MR) is 79.4 cm³/mol. The van der Waals surface area contributed by atoms with Crippen LogP contribution in [0.15, 0.2) is 22.7 Å². The Morgan fingerprint density at radius 3 is 2.09 bits per heavy atom. The zero-order valence-corrected chi connectivity index (χ0v) is 12.7. The number of hydrogen-bond donors (Lipinski definition) is 4. The van der Waals surface area contributed by atoms with Crippen molar-refractivity contribution in [3.63, 3.8) is 0 Å². The van der Waals surface area contributed by atoms with Gasteiger partial charge < -0.3 is 20.4 Å². The molecule has 0 spiro atoms. The number of carboxylic acid groups (broad SMARTS) is 1. The van der Waals surface area contributed by atoms with E-state index in [9.17, 15) is 29.7 Å². The largest absolute Gasteiger partial charge is 0.507 e. The summed E-state index contributed by atoms with van der Waals surface area (Å²) in [4.78, 5) is 36.1. The fourth-order valence-electron chi connectivity index (χ4n) is 2.48. The van der Waals surface area contributed by atoms with Gasteiger partial charge in [-0.15, -0.1) is 0 Å². The second-order valence-corrected chi connectivity index (χ2v) is 5.66. The van der Waals surface area contributed by atoms with Gasteiger partial charge >= 0.3 is 5.97 Å². The summed E-state index contributed by atoms with van der Waals surface area (Å²) in [6, 6.07) is 2.81. The Hall–Kier alpha value is -2.87. The first-order valence-electron chi connectivity index (χ1n) is 6.18. The van der Waals surface area contributed by atoms with Crippen molar-refractivity contribution < 1.29 is 34.8 Å². The summed E-state index contributed by atoms with van der Waals surface area (Å²) in [6.45, 7) is 0. The van der Waals surface area contributed by atoms with Crippen molar-refractivity contribution in [1.82, 2.24) is 0 Å². The highest BCUT2D eigenvalue weighted by molar-refractivity contribution is 9.10. The van der Waals surface area contributed by atoms with Crippen LogP contribution in [0.25, 0.3) is 0 Å². The summed E-state index contributed by atoms with van der Waals surface area (Å²) in [6.07, 6.45) is 0. The van der Waals surface area contributed by atoms with Crippen LogP contribution in [-0.4, -0.2) is 38.0 Å². The topological polar surface area (TPSA) is 132 Å². The molecule has 0 amide bonds. The minimum Gasteiger partial charge on any atom is -0.507 e. The number of aromatic carboxylic acids is 1. The lowest BCUT2D eigenvalue weighted by Gasteiger charge is -2.20. The summed E-state index contributed by atoms with van der Waals surface area (Å²) in [5.74, 6) is -4.77. The lowest BCUT2D eigenvalue weighted by Crippen LogP contribution is -2.22. The fraction of sp³-hybridized carbons (Fsp3) is 0. The number of fused-ring (bicyclic) bond motifs is 2. The first kappa shape index (κ1) is 15.0. The number of carbonyl (C=O) groups is 3. The molecule has 1 aliphatic carbocycles. The van der Waals surface area contributed by atoms with Crippen LogP contribution in [-0.2, 0) is 0 Å². The van der Waals surface area contributed by atoms with Gasteiger partial charge in [-0.3, -0.25) is 9.59 Å². The molecule has 2 aromatic rings. The third kappa shape index (κ3) is 1.99. The quantitative estimate of drug-likeness (QED) is 0.509. The maximum atomic E-state index is 12.5. The molecule has 0 saturated heterocycles. The third-order valence-corrected chi connectivity index (χ3v) is 4.31. The van der Waals surface area contributed by atoms with Crippen LogP contribution in [0.5, 0.6) is 17.2 Å². The molecule has 2 aromatic carbocycles. The molecule has 23 heavy (non-hydrogen) atoms. The van der Waals surface area contributed by atoms with E-state index in [1.165, 1.54) is 0 Å². The summed E-state index contributed by atoms with van der Waals surface area (Å²) < 4.78 is -0.164. The molecular formula is C15H7BrO7. The molecule has 0 fully saturated rings. The molecule has 0 unspecified atom stereocenters. The van der Waals surface area contributed by atoms with Gasteiger partial charge in [0, 0.05) is 11.1 Å². The molecule has 8 heteroatoms. The molecule has 0 aromatic heterocycles. The van der Waals surface area contributed by atoms with Gasteiger partial charge in [0.15, 0.2) is 5.78 Å². The van der Waals surface area contributed by atoms with E-state index in [0.717, 1.165) is 18.2 Å². The highest BCUT2D eigenvalue weighted by Gasteiger charge is 2.36. The smallest absolute Gasteiger partial charge is 0.335 e. The van der Waals surface area contributed by atoms with Crippen LogP contribution < -0.4 is 0 Å². The van der Waals surface area contributed by atoms with Crippen LogP contribution in [0, 0.1) is 0 Å². The van der Waals surface area contributed by atoms with E-state index in [-0.39, 0.29) is 32.3 Å². The Morgan fingerprint density at radius 2 is 1.48 bits per heavy atom. The predicted octanol–water partition coefficient (Wildman–Crippen LogP) is 2.04. The number of ketones is 2. The molecule has 4 N–H and O–H groups in total. The van der Waals surface area contributed by atoms with E-state index in [1.54, 1.807) is 0 Å². The van der Waals surface area contributed by atoms with Gasteiger partial charge in [0.05, 0.1) is 16.7 Å². The summed E-state index contributed by atoms with van der Waals surface area (Å²) in [5.41, 5.74) is -1.70. The lowest BCUT2D eigenvalue weighted by atomic mass is 9.82. The van der Waals surface area contributed by atoms with Crippen LogP contribution >= 0.6 is 15.9 Å². The first-order chi connectivity index (χ1) is 10.7. The van der Waals surface area contributed by atoms with Gasteiger partial charge in [-0.25, -0.2) is 4.79 Å². The van der Waals surface area contributed by atoms with Crippen molar-refractivity contribution >= 4 is 33.5 Å². The number of aromatic hydroxyl groups is 3. The van der Waals surface area contributed by atoms with Crippen molar-refractivity contribution in [2.24, 2.45) is 0 Å². The highest BCUT2D eigenvalue weighted by atomic mass is 79.9. The number of carbonyl (C=O) groups excluding carboxylic acids is 2. The van der Waals surface area contributed by atoms with Crippen molar-refractivity contribution in [2.75, 3.05) is 0 Å². The minimum atomic E-state index is -1.38. The Bertz CT molecular complexity index is 930. The molecule has 0 heterocycles. The summed E-state index contributed by atoms with van der Waals surface area (Å²) >= 11 is 2.89. The normalized spacial score (nSPS) is 12.7. The Morgan fingerprint density at radius 1 is 0.870 bits per heavy atom. The van der Waals surface area contributed by atoms with Gasteiger partial charge in [0.25, 0.3) is 0 Å². The van der Waals surface area contributed by atoms with Crippen LogP contribution in [0.1, 0.15) is 42.2 Å². The van der Waals surface area contributed by atoms with Crippen LogP contribution in [0.4, 0.5) is 0 Å². The summed E-state index contributed by atoms with van der Waals surface area (Å²) in [7, 11) is 0. The fourth-order valence-corrected chi connectivity index (χ4v) is 2.79. The SMILES string of the molecule is O=C(O)c1cc(O)c2c(c1)C(=O)c1cc(O)c(Br)c(O)c1C2=O. The third-order valence-electron chi connectivity index (χ3n) is 3.53. The van der Waals surface area contributed by atoms with E-state index in [4.69, 9.17) is 5.11 Å². The molecule has 1 aliphatic rings. The molecule has 0 radical (unpaired) electrons. The zero-order valence-electron chi connectivity index (χ0n) is 11.1. The number of phenols is 3. The summed E-state index contributed by atoms with van der Waals surface area (Å²) in [5, 5.41) is 38.6. The highest BCUT2D eigenvalue weighted by Crippen LogP contribution is 2.43. The average molecular weight is 379 g/mol. The second-order valence-electron chi connectivity index (χ2n) is 4.86. The van der Waals surface area contributed by atoms with Crippen molar-refractivity contribution in [2.45, 2.75) is 0 Å². The van der Waals surface area contributed by atoms with Crippen molar-refractivity contribution in [3.05, 3.63) is 50.5 Å². The maximum absolute atomic E-state index is 12.5. The van der Waals surface area contributed by atoms with Gasteiger partial charge in [-0.05, 0) is 34.1 Å². The standard InChI is InChI=1S/C15H7BrO7/c16-11-8(18)3-6-10(14(11)21)13(20)9-5(12(6)19)1-4(15(22)23)2-7(9)17/h1-3,17-18,21H,(H,22,23). The molecule has 7 nitrogen and oxygen atoms in total. The van der Waals surface area contributed by atoms with Crippen molar-refractivity contribution in [3.8, 4) is 17.2 Å². The van der Waals surface area contributed by atoms with E-state index >= 15 is 0 Å². The van der Waals surface area contributed by atoms with Gasteiger partial charge in [-0.1, -0.05) is 0 Å². The van der Waals surface area contributed by atoms with E-state index in [1.807, 2.05) is 0 Å². The first-order valence-corrected chi connectivity index (χ1v) is 6.97. The number of carboxylic acids is 1. The Balaban J connectivity index is 2.38. The number of halogens is 1. The molecule has 0 aliphatic heterocycles. The van der Waals surface area contributed by atoms with Crippen LogP contribution in [0.3, 0.4) is 0 Å². The van der Waals surface area contributed by atoms with E-state index < -0.39 is 34.8 Å². The molecule has 0 saturated carbocycles. The van der Waals surface area contributed by atoms with E-state index in [2.05, 4.69) is 15.9 Å². The van der Waals surface area contributed by atoms with Gasteiger partial charge in [0.2, 0.25) is 5.78 Å². The molecule has 0 bridgehead atoms.